The third kappa shape index (κ3) is 6.25. The molecule has 4 nitrogen and oxygen atoms in total. The highest BCUT2D eigenvalue weighted by Crippen LogP contribution is 1.87. The molecule has 0 saturated heterocycles. The Morgan fingerprint density at radius 3 is 2.45 bits per heavy atom. The van der Waals surface area contributed by atoms with Gasteiger partial charge in [-0.25, -0.2) is 0 Å². The molecule has 0 heterocycles. The summed E-state index contributed by atoms with van der Waals surface area (Å²) >= 11 is 0. The molecule has 0 bridgehead atoms. The van der Waals surface area contributed by atoms with E-state index in [4.69, 9.17) is 15.9 Å². The van der Waals surface area contributed by atoms with Crippen molar-refractivity contribution in [1.82, 2.24) is 5.32 Å². The normalized spacial score (nSPS) is 13.4. The molecular formula is C7H18N2O2. The smallest absolute Gasteiger partial charge is 0.0446 e. The van der Waals surface area contributed by atoms with Gasteiger partial charge >= 0.3 is 0 Å². The minimum absolute atomic E-state index is 0.161. The molecule has 68 valence electrons. The van der Waals surface area contributed by atoms with E-state index in [1.54, 1.807) is 0 Å². The highest BCUT2D eigenvalue weighted by molar-refractivity contribution is 4.66. The number of aliphatic hydroxyl groups excluding tert-OH is 2. The van der Waals surface area contributed by atoms with Gasteiger partial charge in [0, 0.05) is 25.8 Å². The van der Waals surface area contributed by atoms with Crippen molar-refractivity contribution in [2.24, 2.45) is 5.73 Å². The molecule has 0 aromatic heterocycles. The molecule has 0 aromatic rings. The zero-order valence-electron chi connectivity index (χ0n) is 6.79. The monoisotopic (exact) mass is 162 g/mol. The van der Waals surface area contributed by atoms with Gasteiger partial charge in [0.15, 0.2) is 0 Å². The number of hydrogen-bond donors (Lipinski definition) is 4. The maximum absolute atomic E-state index is 8.58. The summed E-state index contributed by atoms with van der Waals surface area (Å²) in [5.41, 5.74) is 5.40. The average molecular weight is 162 g/mol. The summed E-state index contributed by atoms with van der Waals surface area (Å²) in [5.74, 6) is 0. The van der Waals surface area contributed by atoms with Crippen molar-refractivity contribution < 1.29 is 10.2 Å². The first-order valence-electron chi connectivity index (χ1n) is 4.00. The fourth-order valence-electron chi connectivity index (χ4n) is 0.844. The molecule has 0 radical (unpaired) electrons. The predicted octanol–water partition coefficient (Wildman–Crippen LogP) is -1.33. The summed E-state index contributed by atoms with van der Waals surface area (Å²) in [4.78, 5) is 0. The maximum Gasteiger partial charge on any atom is 0.0446 e. The van der Waals surface area contributed by atoms with Crippen LogP contribution in [-0.4, -0.2) is 42.6 Å². The van der Waals surface area contributed by atoms with Crippen LogP contribution in [0.2, 0.25) is 0 Å². The Kier molecular flexibility index (Phi) is 7.83. The van der Waals surface area contributed by atoms with Gasteiger partial charge < -0.3 is 21.3 Å². The Labute approximate surface area is 67.4 Å². The molecule has 0 rings (SSSR count). The number of hydrogen-bond acceptors (Lipinski definition) is 4. The van der Waals surface area contributed by atoms with Crippen LogP contribution in [0.3, 0.4) is 0 Å². The van der Waals surface area contributed by atoms with Gasteiger partial charge in [-0.05, 0) is 19.4 Å². The SMILES string of the molecule is NCC(CCO)NCCCO. The minimum atomic E-state index is 0.161. The Morgan fingerprint density at radius 2 is 2.00 bits per heavy atom. The molecule has 0 aliphatic rings. The standard InChI is InChI=1S/C7H18N2O2/c8-6-7(2-5-11)9-3-1-4-10/h7,9-11H,1-6,8H2. The minimum Gasteiger partial charge on any atom is -0.396 e. The van der Waals surface area contributed by atoms with E-state index in [1.165, 1.54) is 0 Å². The van der Waals surface area contributed by atoms with Crippen molar-refractivity contribution in [3.8, 4) is 0 Å². The summed E-state index contributed by atoms with van der Waals surface area (Å²) in [6.07, 6.45) is 1.42. The molecule has 0 aromatic carbocycles. The van der Waals surface area contributed by atoms with Crippen LogP contribution in [0.15, 0.2) is 0 Å². The van der Waals surface area contributed by atoms with Crippen LogP contribution < -0.4 is 11.1 Å². The lowest BCUT2D eigenvalue weighted by atomic mass is 10.2. The topological polar surface area (TPSA) is 78.5 Å². The van der Waals surface area contributed by atoms with Gasteiger partial charge in [-0.1, -0.05) is 0 Å². The number of nitrogens with two attached hydrogens (primary N) is 1. The fraction of sp³-hybridized carbons (Fsp3) is 1.00. The number of rotatable bonds is 7. The Balaban J connectivity index is 3.20. The van der Waals surface area contributed by atoms with Gasteiger partial charge in [-0.2, -0.15) is 0 Å². The summed E-state index contributed by atoms with van der Waals surface area (Å²) in [6.45, 7) is 1.65. The van der Waals surface area contributed by atoms with Crippen molar-refractivity contribution in [2.45, 2.75) is 18.9 Å². The Morgan fingerprint density at radius 1 is 1.27 bits per heavy atom. The molecule has 0 fully saturated rings. The van der Waals surface area contributed by atoms with Gasteiger partial charge in [-0.15, -0.1) is 0 Å². The molecule has 0 aliphatic heterocycles. The largest absolute Gasteiger partial charge is 0.396 e. The third-order valence-corrected chi connectivity index (χ3v) is 1.53. The van der Waals surface area contributed by atoms with Crippen LogP contribution in [0.5, 0.6) is 0 Å². The van der Waals surface area contributed by atoms with Crippen molar-refractivity contribution >= 4 is 0 Å². The molecule has 11 heavy (non-hydrogen) atoms. The highest BCUT2D eigenvalue weighted by atomic mass is 16.3. The first-order valence-corrected chi connectivity index (χ1v) is 4.00. The molecule has 1 atom stereocenters. The molecule has 0 spiro atoms. The van der Waals surface area contributed by atoms with Gasteiger partial charge in [0.25, 0.3) is 0 Å². The highest BCUT2D eigenvalue weighted by Gasteiger charge is 2.02. The molecule has 1 unspecified atom stereocenters. The molecule has 0 saturated carbocycles. The second kappa shape index (κ2) is 7.94. The van der Waals surface area contributed by atoms with Crippen molar-refractivity contribution in [2.75, 3.05) is 26.3 Å². The van der Waals surface area contributed by atoms with E-state index < -0.39 is 0 Å². The van der Waals surface area contributed by atoms with E-state index in [9.17, 15) is 0 Å². The second-order valence-electron chi connectivity index (χ2n) is 2.48. The van der Waals surface area contributed by atoms with Gasteiger partial charge in [-0.3, -0.25) is 0 Å². The molecular weight excluding hydrogens is 144 g/mol. The fourth-order valence-corrected chi connectivity index (χ4v) is 0.844. The van der Waals surface area contributed by atoms with Crippen LogP contribution >= 0.6 is 0 Å². The zero-order valence-corrected chi connectivity index (χ0v) is 6.79. The van der Waals surface area contributed by atoms with E-state index in [0.717, 1.165) is 13.0 Å². The number of aliphatic hydroxyl groups is 2. The molecule has 0 amide bonds. The first-order chi connectivity index (χ1) is 5.35. The zero-order chi connectivity index (χ0) is 8.53. The first kappa shape index (κ1) is 10.8. The van der Waals surface area contributed by atoms with Crippen LogP contribution in [0.4, 0.5) is 0 Å². The lowest BCUT2D eigenvalue weighted by molar-refractivity contribution is 0.257. The lowest BCUT2D eigenvalue weighted by Gasteiger charge is -2.14. The van der Waals surface area contributed by atoms with Crippen LogP contribution in [0, 0.1) is 0 Å². The van der Waals surface area contributed by atoms with Crippen molar-refractivity contribution in [1.29, 1.82) is 0 Å². The Bertz CT molecular complexity index is 80.8. The van der Waals surface area contributed by atoms with Crippen molar-refractivity contribution in [3.05, 3.63) is 0 Å². The summed E-state index contributed by atoms with van der Waals surface area (Å²) in [5, 5.41) is 20.2. The average Bonchev–Trinajstić information content (AvgIpc) is 2.03. The van der Waals surface area contributed by atoms with Gasteiger partial charge in [0.1, 0.15) is 0 Å². The number of nitrogens with one attached hydrogen (secondary N) is 1. The summed E-state index contributed by atoms with van der Waals surface area (Å²) < 4.78 is 0. The van der Waals surface area contributed by atoms with Crippen LogP contribution in [0.25, 0.3) is 0 Å². The van der Waals surface area contributed by atoms with E-state index in [2.05, 4.69) is 5.32 Å². The predicted molar refractivity (Wildman–Crippen MR) is 44.3 cm³/mol. The molecule has 4 heteroatoms. The van der Waals surface area contributed by atoms with Crippen molar-refractivity contribution in [3.63, 3.8) is 0 Å². The maximum atomic E-state index is 8.58. The van der Waals surface area contributed by atoms with Gasteiger partial charge in [0.2, 0.25) is 0 Å². The summed E-state index contributed by atoms with van der Waals surface area (Å²) in [7, 11) is 0. The Hall–Kier alpha value is -0.160. The summed E-state index contributed by atoms with van der Waals surface area (Å²) in [6, 6.07) is 0.187. The van der Waals surface area contributed by atoms with E-state index in [0.29, 0.717) is 13.0 Å². The quantitative estimate of drug-likeness (QED) is 0.350. The van der Waals surface area contributed by atoms with E-state index in [1.807, 2.05) is 0 Å². The third-order valence-electron chi connectivity index (χ3n) is 1.53. The second-order valence-corrected chi connectivity index (χ2v) is 2.48. The molecule has 0 aliphatic carbocycles. The van der Waals surface area contributed by atoms with E-state index in [-0.39, 0.29) is 19.3 Å². The van der Waals surface area contributed by atoms with Crippen LogP contribution in [-0.2, 0) is 0 Å². The molecule has 5 N–H and O–H groups in total. The van der Waals surface area contributed by atoms with Crippen LogP contribution in [0.1, 0.15) is 12.8 Å². The lowest BCUT2D eigenvalue weighted by Crippen LogP contribution is -2.37. The van der Waals surface area contributed by atoms with E-state index >= 15 is 0 Å². The van der Waals surface area contributed by atoms with Gasteiger partial charge in [0.05, 0.1) is 0 Å².